The summed E-state index contributed by atoms with van der Waals surface area (Å²) in [7, 11) is 2.16. The van der Waals surface area contributed by atoms with Crippen LogP contribution in [0.1, 0.15) is 39.5 Å². The van der Waals surface area contributed by atoms with E-state index in [0.29, 0.717) is 0 Å². The molecule has 2 N–H and O–H groups in total. The average Bonchev–Trinajstić information content (AvgIpc) is 2.23. The molecule has 0 radical (unpaired) electrons. The van der Waals surface area contributed by atoms with E-state index < -0.39 is 0 Å². The minimum atomic E-state index is 0.744. The average molecular weight is 230 g/mol. The fraction of sp³-hybridized carbons (Fsp3) is 1.00. The summed E-state index contributed by atoms with van der Waals surface area (Å²) >= 11 is 0. The summed E-state index contributed by atoms with van der Waals surface area (Å²) < 4.78 is 5.58. The van der Waals surface area contributed by atoms with Crippen molar-refractivity contribution in [3.63, 3.8) is 0 Å². The number of unbranched alkanes of at least 4 members (excludes halogenated alkanes) is 2. The summed E-state index contributed by atoms with van der Waals surface area (Å²) in [4.78, 5) is 2.34. The number of nitrogens with two attached hydrogens (primary N) is 1. The van der Waals surface area contributed by atoms with E-state index in [1.807, 2.05) is 0 Å². The Balaban J connectivity index is 3.14. The molecule has 3 heteroatoms. The van der Waals surface area contributed by atoms with E-state index in [2.05, 4.69) is 25.8 Å². The SMILES string of the molecule is CC(C)CCOCCN(C)CCCCCN. The van der Waals surface area contributed by atoms with Gasteiger partial charge in [0.1, 0.15) is 0 Å². The zero-order chi connectivity index (χ0) is 12.2. The van der Waals surface area contributed by atoms with Crippen molar-refractivity contribution in [3.05, 3.63) is 0 Å². The molecule has 0 aliphatic heterocycles. The third-order valence-corrected chi connectivity index (χ3v) is 2.70. The molecule has 0 aromatic rings. The lowest BCUT2D eigenvalue weighted by Gasteiger charge is -2.16. The Labute approximate surface area is 101 Å². The van der Waals surface area contributed by atoms with Crippen LogP contribution in [0, 0.1) is 5.92 Å². The van der Waals surface area contributed by atoms with Crippen molar-refractivity contribution in [1.82, 2.24) is 4.90 Å². The Morgan fingerprint density at radius 3 is 2.44 bits per heavy atom. The molecular weight excluding hydrogens is 200 g/mol. The maximum atomic E-state index is 5.58. The zero-order valence-electron chi connectivity index (χ0n) is 11.4. The highest BCUT2D eigenvalue weighted by Gasteiger charge is 1.98. The van der Waals surface area contributed by atoms with Gasteiger partial charge in [-0.1, -0.05) is 20.3 Å². The smallest absolute Gasteiger partial charge is 0.0593 e. The standard InChI is InChI=1S/C13H30N2O/c1-13(2)7-11-16-12-10-15(3)9-6-4-5-8-14/h13H,4-12,14H2,1-3H3. The van der Waals surface area contributed by atoms with Crippen molar-refractivity contribution in [2.75, 3.05) is 39.9 Å². The Morgan fingerprint density at radius 2 is 1.81 bits per heavy atom. The van der Waals surface area contributed by atoms with Crippen molar-refractivity contribution in [3.8, 4) is 0 Å². The fourth-order valence-electron chi connectivity index (χ4n) is 1.46. The normalized spacial score (nSPS) is 11.6. The lowest BCUT2D eigenvalue weighted by atomic mass is 10.1. The molecule has 0 heterocycles. The quantitative estimate of drug-likeness (QED) is 0.553. The van der Waals surface area contributed by atoms with Crippen molar-refractivity contribution in [1.29, 1.82) is 0 Å². The van der Waals surface area contributed by atoms with Crippen LogP contribution in [0.2, 0.25) is 0 Å². The first-order valence-electron chi connectivity index (χ1n) is 6.63. The molecule has 0 spiro atoms. The van der Waals surface area contributed by atoms with Gasteiger partial charge >= 0.3 is 0 Å². The van der Waals surface area contributed by atoms with Crippen molar-refractivity contribution >= 4 is 0 Å². The van der Waals surface area contributed by atoms with Crippen LogP contribution in [0.5, 0.6) is 0 Å². The van der Waals surface area contributed by atoms with Crippen molar-refractivity contribution in [2.24, 2.45) is 11.7 Å². The van der Waals surface area contributed by atoms with Gasteiger partial charge in [0.2, 0.25) is 0 Å². The lowest BCUT2D eigenvalue weighted by molar-refractivity contribution is 0.103. The van der Waals surface area contributed by atoms with E-state index in [0.717, 1.165) is 45.2 Å². The number of likely N-dealkylation sites (N-methyl/N-ethyl adjacent to an activating group) is 1. The largest absolute Gasteiger partial charge is 0.380 e. The molecule has 0 amide bonds. The topological polar surface area (TPSA) is 38.5 Å². The van der Waals surface area contributed by atoms with Gasteiger partial charge in [-0.25, -0.2) is 0 Å². The second-order valence-electron chi connectivity index (χ2n) is 4.95. The molecule has 0 bridgehead atoms. The van der Waals surface area contributed by atoms with Gasteiger partial charge in [0.25, 0.3) is 0 Å². The van der Waals surface area contributed by atoms with E-state index >= 15 is 0 Å². The van der Waals surface area contributed by atoms with E-state index in [1.54, 1.807) is 0 Å². The highest BCUT2D eigenvalue weighted by molar-refractivity contribution is 4.52. The highest BCUT2D eigenvalue weighted by atomic mass is 16.5. The molecule has 0 fully saturated rings. The van der Waals surface area contributed by atoms with Gasteiger partial charge in [-0.2, -0.15) is 0 Å². The molecule has 0 aromatic carbocycles. The number of ether oxygens (including phenoxy) is 1. The van der Waals surface area contributed by atoms with Crippen LogP contribution in [0.25, 0.3) is 0 Å². The summed E-state index contributed by atoms with van der Waals surface area (Å²) in [5.41, 5.74) is 5.45. The molecule has 0 aromatic heterocycles. The minimum Gasteiger partial charge on any atom is -0.380 e. The van der Waals surface area contributed by atoms with Crippen LogP contribution >= 0.6 is 0 Å². The van der Waals surface area contributed by atoms with Crippen LogP contribution in [-0.2, 0) is 4.74 Å². The van der Waals surface area contributed by atoms with E-state index in [4.69, 9.17) is 10.5 Å². The van der Waals surface area contributed by atoms with E-state index in [9.17, 15) is 0 Å². The summed E-state index contributed by atoms with van der Waals surface area (Å²) in [6, 6.07) is 0. The molecule has 0 atom stereocenters. The van der Waals surface area contributed by atoms with Crippen molar-refractivity contribution in [2.45, 2.75) is 39.5 Å². The molecule has 0 aliphatic rings. The molecule has 0 unspecified atom stereocenters. The highest BCUT2D eigenvalue weighted by Crippen LogP contribution is 1.99. The van der Waals surface area contributed by atoms with Gasteiger partial charge in [-0.05, 0) is 45.3 Å². The maximum Gasteiger partial charge on any atom is 0.0593 e. The third kappa shape index (κ3) is 12.0. The van der Waals surface area contributed by atoms with Gasteiger partial charge in [-0.15, -0.1) is 0 Å². The van der Waals surface area contributed by atoms with Crippen LogP contribution < -0.4 is 5.73 Å². The van der Waals surface area contributed by atoms with Gasteiger partial charge < -0.3 is 15.4 Å². The summed E-state index contributed by atoms with van der Waals surface area (Å²) in [6.07, 6.45) is 4.81. The van der Waals surface area contributed by atoms with Gasteiger partial charge in [0.15, 0.2) is 0 Å². The van der Waals surface area contributed by atoms with Gasteiger partial charge in [-0.3, -0.25) is 0 Å². The molecule has 98 valence electrons. The minimum absolute atomic E-state index is 0.744. The van der Waals surface area contributed by atoms with Crippen LogP contribution in [0.4, 0.5) is 0 Å². The van der Waals surface area contributed by atoms with Crippen LogP contribution in [0.3, 0.4) is 0 Å². The first-order chi connectivity index (χ1) is 7.66. The van der Waals surface area contributed by atoms with Crippen molar-refractivity contribution < 1.29 is 4.74 Å². The number of hydrogen-bond acceptors (Lipinski definition) is 3. The predicted molar refractivity (Wildman–Crippen MR) is 70.7 cm³/mol. The molecule has 0 saturated heterocycles. The lowest BCUT2D eigenvalue weighted by Crippen LogP contribution is -2.24. The summed E-state index contributed by atoms with van der Waals surface area (Å²) in [5, 5.41) is 0. The molecule has 0 saturated carbocycles. The fourth-order valence-corrected chi connectivity index (χ4v) is 1.46. The number of rotatable bonds is 11. The van der Waals surface area contributed by atoms with E-state index in [-0.39, 0.29) is 0 Å². The molecule has 0 aliphatic carbocycles. The zero-order valence-corrected chi connectivity index (χ0v) is 11.4. The summed E-state index contributed by atoms with van der Waals surface area (Å²) in [5.74, 6) is 0.744. The Hall–Kier alpha value is -0.120. The number of nitrogens with zero attached hydrogens (tertiary/aromatic N) is 1. The van der Waals surface area contributed by atoms with Gasteiger partial charge in [0, 0.05) is 13.2 Å². The monoisotopic (exact) mass is 230 g/mol. The van der Waals surface area contributed by atoms with Crippen LogP contribution in [-0.4, -0.2) is 44.8 Å². The van der Waals surface area contributed by atoms with Crippen LogP contribution in [0.15, 0.2) is 0 Å². The first-order valence-corrected chi connectivity index (χ1v) is 6.63. The number of hydrogen-bond donors (Lipinski definition) is 1. The van der Waals surface area contributed by atoms with Gasteiger partial charge in [0.05, 0.1) is 6.61 Å². The first kappa shape index (κ1) is 15.9. The second-order valence-corrected chi connectivity index (χ2v) is 4.95. The molecular formula is C13H30N2O. The third-order valence-electron chi connectivity index (χ3n) is 2.70. The molecule has 0 rings (SSSR count). The summed E-state index contributed by atoms with van der Waals surface area (Å²) in [6.45, 7) is 9.24. The Morgan fingerprint density at radius 1 is 1.06 bits per heavy atom. The Bertz CT molecular complexity index is 140. The second kappa shape index (κ2) is 11.4. The Kier molecular flexibility index (Phi) is 11.3. The van der Waals surface area contributed by atoms with E-state index in [1.165, 1.54) is 19.3 Å². The predicted octanol–water partition coefficient (Wildman–Crippen LogP) is 2.11. The maximum absolute atomic E-state index is 5.58. The molecule has 16 heavy (non-hydrogen) atoms. The molecule has 3 nitrogen and oxygen atoms in total.